The summed E-state index contributed by atoms with van der Waals surface area (Å²) in [5, 5.41) is 0. The van der Waals surface area contributed by atoms with E-state index in [4.69, 9.17) is 4.74 Å². The molecule has 0 aromatic carbocycles. The van der Waals surface area contributed by atoms with E-state index < -0.39 is 0 Å². The Morgan fingerprint density at radius 2 is 0.483 bits per heavy atom. The second-order valence-electron chi connectivity index (χ2n) is 20.1. The van der Waals surface area contributed by atoms with Crippen LogP contribution >= 0.6 is 0 Å². The fraction of sp³-hybridized carbons (Fsp3) is 0.948. The average molecular weight is 844 g/mol. The Kier molecular flexibility index (Phi) is 51.9. The topological polar surface area (TPSA) is 26.3 Å². The van der Waals surface area contributed by atoms with Crippen LogP contribution in [0.4, 0.5) is 0 Å². The number of hydrogen-bond acceptors (Lipinski definition) is 2. The van der Waals surface area contributed by atoms with Gasteiger partial charge in [-0.15, -0.1) is 0 Å². The molecule has 0 aliphatic carbocycles. The van der Waals surface area contributed by atoms with E-state index in [1.165, 1.54) is 321 Å². The van der Waals surface area contributed by atoms with Crippen LogP contribution in [0, 0.1) is 5.92 Å². The molecule has 2 nitrogen and oxygen atoms in total. The lowest BCUT2D eigenvalue weighted by molar-refractivity contribution is -0.140. The van der Waals surface area contributed by atoms with Crippen LogP contribution in [0.3, 0.4) is 0 Å². The van der Waals surface area contributed by atoms with E-state index in [0.717, 1.165) is 0 Å². The Balaban J connectivity index is 3.45. The second kappa shape index (κ2) is 52.6. The fourth-order valence-corrected chi connectivity index (χ4v) is 9.42. The summed E-state index contributed by atoms with van der Waals surface area (Å²) in [7, 11) is 0. The van der Waals surface area contributed by atoms with Gasteiger partial charge in [0.2, 0.25) is 0 Å². The standard InChI is InChI=1S/C58H114O2/c1-5-7-9-11-13-15-17-19-20-21-22-23-24-25-26-27-28-29-30-31-32-33-34-35-36-37-38-39-40-41-42-44-46-48-50-52-54-57(55-60-58(59)56(3)4)53-51-49-47-45-43-18-16-14-12-10-8-6-2/h57H,3,5-55H2,1-2,4H3. The van der Waals surface area contributed by atoms with Crippen LogP contribution in [0.5, 0.6) is 0 Å². The van der Waals surface area contributed by atoms with Crippen molar-refractivity contribution in [3.05, 3.63) is 12.2 Å². The molecule has 0 aliphatic rings. The van der Waals surface area contributed by atoms with Crippen LogP contribution in [0.15, 0.2) is 12.2 Å². The van der Waals surface area contributed by atoms with Crippen molar-refractivity contribution in [2.24, 2.45) is 5.92 Å². The van der Waals surface area contributed by atoms with Gasteiger partial charge >= 0.3 is 5.97 Å². The molecule has 0 spiro atoms. The zero-order valence-corrected chi connectivity index (χ0v) is 42.2. The first kappa shape index (κ1) is 59.2. The predicted molar refractivity (Wildman–Crippen MR) is 271 cm³/mol. The van der Waals surface area contributed by atoms with E-state index in [2.05, 4.69) is 20.4 Å². The van der Waals surface area contributed by atoms with E-state index in [9.17, 15) is 4.79 Å². The lowest BCUT2D eigenvalue weighted by Gasteiger charge is -2.17. The fourth-order valence-electron chi connectivity index (χ4n) is 9.42. The van der Waals surface area contributed by atoms with Crippen molar-refractivity contribution < 1.29 is 9.53 Å². The quantitative estimate of drug-likeness (QED) is 0.0346. The molecule has 0 aliphatic heterocycles. The maximum absolute atomic E-state index is 12.0. The number of esters is 1. The third kappa shape index (κ3) is 49.9. The molecular weight excluding hydrogens is 729 g/mol. The molecule has 0 heterocycles. The third-order valence-corrected chi connectivity index (χ3v) is 13.7. The van der Waals surface area contributed by atoms with Crippen molar-refractivity contribution in [3.63, 3.8) is 0 Å². The van der Waals surface area contributed by atoms with Gasteiger partial charge in [-0.1, -0.05) is 329 Å². The van der Waals surface area contributed by atoms with Crippen molar-refractivity contribution in [1.82, 2.24) is 0 Å². The molecule has 0 fully saturated rings. The van der Waals surface area contributed by atoms with E-state index in [1.807, 2.05) is 0 Å². The van der Waals surface area contributed by atoms with Crippen LogP contribution < -0.4 is 0 Å². The Bertz CT molecular complexity index is 818. The Morgan fingerprint density at radius 3 is 0.650 bits per heavy atom. The Hall–Kier alpha value is -0.790. The molecule has 0 saturated carbocycles. The zero-order chi connectivity index (χ0) is 43.5. The molecule has 0 bridgehead atoms. The van der Waals surface area contributed by atoms with Gasteiger partial charge in [0.05, 0.1) is 6.61 Å². The summed E-state index contributed by atoms with van der Waals surface area (Å²) in [6.07, 6.45) is 71.5. The van der Waals surface area contributed by atoms with Crippen molar-refractivity contribution in [1.29, 1.82) is 0 Å². The molecule has 1 atom stereocenters. The SMILES string of the molecule is C=C(C)C(=O)OCC(CCCCCCCCCCCCCC)CCCCCCCCCCCCCCCCCCCCCCCCCCCCCCCCCCCCCC. The molecule has 0 aromatic rings. The van der Waals surface area contributed by atoms with Crippen LogP contribution in [-0.4, -0.2) is 12.6 Å². The summed E-state index contributed by atoms with van der Waals surface area (Å²) in [5.41, 5.74) is 0.524. The number of rotatable bonds is 53. The molecule has 0 N–H and O–H groups in total. The van der Waals surface area contributed by atoms with Gasteiger partial charge in [0, 0.05) is 5.57 Å². The predicted octanol–water partition coefficient (Wildman–Crippen LogP) is 21.3. The minimum Gasteiger partial charge on any atom is -0.462 e. The van der Waals surface area contributed by atoms with E-state index >= 15 is 0 Å². The van der Waals surface area contributed by atoms with Crippen LogP contribution in [0.2, 0.25) is 0 Å². The van der Waals surface area contributed by atoms with E-state index in [-0.39, 0.29) is 5.97 Å². The Morgan fingerprint density at radius 1 is 0.317 bits per heavy atom. The van der Waals surface area contributed by atoms with Crippen molar-refractivity contribution >= 4 is 5.97 Å². The van der Waals surface area contributed by atoms with Gasteiger partial charge < -0.3 is 4.74 Å². The number of ether oxygens (including phenoxy) is 1. The minimum atomic E-state index is -0.212. The van der Waals surface area contributed by atoms with Crippen LogP contribution in [0.25, 0.3) is 0 Å². The van der Waals surface area contributed by atoms with Crippen LogP contribution in [0.1, 0.15) is 342 Å². The summed E-state index contributed by atoms with van der Waals surface area (Å²) in [4.78, 5) is 12.0. The first-order valence-electron chi connectivity index (χ1n) is 28.4. The number of unbranched alkanes of at least 4 members (excludes halogenated alkanes) is 46. The monoisotopic (exact) mass is 843 g/mol. The summed E-state index contributed by atoms with van der Waals surface area (Å²) in [6.45, 7) is 10.7. The zero-order valence-electron chi connectivity index (χ0n) is 42.2. The van der Waals surface area contributed by atoms with Crippen molar-refractivity contribution in [2.75, 3.05) is 6.61 Å². The first-order chi connectivity index (χ1) is 29.6. The van der Waals surface area contributed by atoms with Crippen LogP contribution in [-0.2, 0) is 9.53 Å². The molecule has 0 radical (unpaired) electrons. The third-order valence-electron chi connectivity index (χ3n) is 13.7. The van der Waals surface area contributed by atoms with Gasteiger partial charge in [-0.2, -0.15) is 0 Å². The average Bonchev–Trinajstić information content (AvgIpc) is 3.25. The molecule has 0 saturated heterocycles. The number of hydrogen-bond donors (Lipinski definition) is 0. The minimum absolute atomic E-state index is 0.212. The van der Waals surface area contributed by atoms with Gasteiger partial charge in [0.1, 0.15) is 0 Å². The number of carbonyl (C=O) groups is 1. The molecule has 358 valence electrons. The Labute approximate surface area is 380 Å². The van der Waals surface area contributed by atoms with Crippen molar-refractivity contribution in [2.45, 2.75) is 342 Å². The van der Waals surface area contributed by atoms with E-state index in [1.54, 1.807) is 6.92 Å². The lowest BCUT2D eigenvalue weighted by atomic mass is 9.94. The summed E-state index contributed by atoms with van der Waals surface area (Å²) >= 11 is 0. The molecule has 60 heavy (non-hydrogen) atoms. The van der Waals surface area contributed by atoms with E-state index in [0.29, 0.717) is 18.1 Å². The van der Waals surface area contributed by atoms with Gasteiger partial charge in [0.25, 0.3) is 0 Å². The lowest BCUT2D eigenvalue weighted by Crippen LogP contribution is -2.15. The normalized spacial score (nSPS) is 12.1. The van der Waals surface area contributed by atoms with Gasteiger partial charge in [0.15, 0.2) is 0 Å². The highest BCUT2D eigenvalue weighted by atomic mass is 16.5. The molecule has 0 amide bonds. The summed E-state index contributed by atoms with van der Waals surface area (Å²) in [5.74, 6) is 0.311. The van der Waals surface area contributed by atoms with Crippen molar-refractivity contribution in [3.8, 4) is 0 Å². The summed E-state index contributed by atoms with van der Waals surface area (Å²) in [6, 6.07) is 0. The molecular formula is C58H114O2. The maximum atomic E-state index is 12.0. The molecule has 0 aromatic heterocycles. The smallest absolute Gasteiger partial charge is 0.333 e. The molecule has 0 rings (SSSR count). The highest BCUT2D eigenvalue weighted by molar-refractivity contribution is 5.86. The van der Waals surface area contributed by atoms with Gasteiger partial charge in [-0.3, -0.25) is 0 Å². The highest BCUT2D eigenvalue weighted by Crippen LogP contribution is 2.22. The second-order valence-corrected chi connectivity index (χ2v) is 20.1. The van der Waals surface area contributed by atoms with Gasteiger partial charge in [-0.25, -0.2) is 4.79 Å². The summed E-state index contributed by atoms with van der Waals surface area (Å²) < 4.78 is 5.61. The molecule has 1 unspecified atom stereocenters. The molecule has 2 heteroatoms. The maximum Gasteiger partial charge on any atom is 0.333 e. The number of carbonyl (C=O) groups excluding carboxylic acids is 1. The highest BCUT2D eigenvalue weighted by Gasteiger charge is 2.13. The van der Waals surface area contributed by atoms with Gasteiger partial charge in [-0.05, 0) is 25.7 Å². The largest absolute Gasteiger partial charge is 0.462 e. The first-order valence-corrected chi connectivity index (χ1v) is 28.4.